The van der Waals surface area contributed by atoms with Gasteiger partial charge < -0.3 is 4.90 Å². The zero-order valence-corrected chi connectivity index (χ0v) is 15.9. The van der Waals surface area contributed by atoms with Crippen LogP contribution in [0, 0.1) is 6.92 Å². The van der Waals surface area contributed by atoms with Crippen LogP contribution < -0.4 is 4.90 Å². The summed E-state index contributed by atoms with van der Waals surface area (Å²) in [7, 11) is 0. The highest BCUT2D eigenvalue weighted by atomic mass is 32.2. The first kappa shape index (κ1) is 17.8. The monoisotopic (exact) mass is 380 g/mol. The molecular weight excluding hydrogens is 360 g/mol. The number of nitrogens with zero attached hydrogens (tertiary/aromatic N) is 2. The number of fused-ring (bicyclic) bond motifs is 1. The highest BCUT2D eigenvalue weighted by Crippen LogP contribution is 2.32. The summed E-state index contributed by atoms with van der Waals surface area (Å²) in [5, 5.41) is -0.225. The Bertz CT molecular complexity index is 925. The minimum absolute atomic E-state index is 0.0412. The van der Waals surface area contributed by atoms with E-state index in [0.717, 1.165) is 41.4 Å². The largest absolute Gasteiger partial charge is 0.308 e. The molecule has 0 aliphatic carbocycles. The predicted molar refractivity (Wildman–Crippen MR) is 106 cm³/mol. The van der Waals surface area contributed by atoms with Crippen molar-refractivity contribution in [1.29, 1.82) is 0 Å². The Kier molecular flexibility index (Phi) is 4.74. The minimum Gasteiger partial charge on any atom is -0.308 e. The third-order valence-corrected chi connectivity index (χ3v) is 5.88. The Labute approximate surface area is 162 Å². The molecule has 0 spiro atoms. The lowest BCUT2D eigenvalue weighted by Crippen LogP contribution is -2.36. The number of thioether (sulfide) groups is 1. The maximum Gasteiger partial charge on any atom is 0.289 e. The lowest BCUT2D eigenvalue weighted by Gasteiger charge is -2.31. The van der Waals surface area contributed by atoms with E-state index >= 15 is 0 Å². The molecule has 4 rings (SSSR count). The fourth-order valence-corrected chi connectivity index (χ4v) is 4.45. The third kappa shape index (κ3) is 3.37. The molecule has 0 bridgehead atoms. The quantitative estimate of drug-likeness (QED) is 0.813. The molecule has 1 saturated heterocycles. The van der Waals surface area contributed by atoms with E-state index in [-0.39, 0.29) is 29.4 Å². The van der Waals surface area contributed by atoms with Gasteiger partial charge in [0.1, 0.15) is 0 Å². The molecule has 0 radical (unpaired) electrons. The molecule has 0 N–H and O–H groups in total. The molecule has 2 aromatic rings. The van der Waals surface area contributed by atoms with Crippen molar-refractivity contribution in [2.45, 2.75) is 26.3 Å². The molecule has 0 saturated carbocycles. The normalized spacial score (nSPS) is 16.6. The molecule has 2 aliphatic rings. The summed E-state index contributed by atoms with van der Waals surface area (Å²) in [5.41, 5.74) is 4.68. The molecule has 2 aliphatic heterocycles. The molecular formula is C21H20N2O3S. The lowest BCUT2D eigenvalue weighted by molar-refractivity contribution is -0.125. The van der Waals surface area contributed by atoms with Crippen molar-refractivity contribution in [3.63, 3.8) is 0 Å². The van der Waals surface area contributed by atoms with Gasteiger partial charge in [0.25, 0.3) is 11.1 Å². The van der Waals surface area contributed by atoms with Crippen molar-refractivity contribution in [1.82, 2.24) is 4.90 Å². The summed E-state index contributed by atoms with van der Waals surface area (Å²) in [4.78, 5) is 40.0. The predicted octanol–water partition coefficient (Wildman–Crippen LogP) is 3.78. The SMILES string of the molecule is Cc1cccc2c1N(C(=O)c1cccc(CN3C(=O)CSC3=O)c1)CCC2. The molecule has 2 heterocycles. The van der Waals surface area contributed by atoms with Gasteiger partial charge in [-0.2, -0.15) is 0 Å². The van der Waals surface area contributed by atoms with Crippen LogP contribution in [0.4, 0.5) is 10.5 Å². The van der Waals surface area contributed by atoms with Crippen LogP contribution in [0.15, 0.2) is 42.5 Å². The van der Waals surface area contributed by atoms with Crippen LogP contribution in [0.25, 0.3) is 0 Å². The first-order valence-electron chi connectivity index (χ1n) is 9.01. The van der Waals surface area contributed by atoms with Gasteiger partial charge in [-0.3, -0.25) is 19.3 Å². The Morgan fingerprint density at radius 3 is 2.74 bits per heavy atom. The van der Waals surface area contributed by atoms with Crippen molar-refractivity contribution in [2.75, 3.05) is 17.2 Å². The zero-order valence-electron chi connectivity index (χ0n) is 15.1. The number of aryl methyl sites for hydroxylation is 2. The van der Waals surface area contributed by atoms with Crippen LogP contribution in [0.2, 0.25) is 0 Å². The van der Waals surface area contributed by atoms with Gasteiger partial charge in [0.2, 0.25) is 5.91 Å². The Morgan fingerprint density at radius 1 is 1.15 bits per heavy atom. The number of benzene rings is 2. The highest BCUT2D eigenvalue weighted by Gasteiger charge is 2.30. The number of carbonyl (C=O) groups is 3. The molecule has 0 atom stereocenters. The van der Waals surface area contributed by atoms with Crippen molar-refractivity contribution < 1.29 is 14.4 Å². The fraction of sp³-hybridized carbons (Fsp3) is 0.286. The van der Waals surface area contributed by atoms with Gasteiger partial charge in [0.05, 0.1) is 18.0 Å². The lowest BCUT2D eigenvalue weighted by atomic mass is 9.97. The Morgan fingerprint density at radius 2 is 1.96 bits per heavy atom. The van der Waals surface area contributed by atoms with Crippen LogP contribution in [0.1, 0.15) is 33.5 Å². The second-order valence-electron chi connectivity index (χ2n) is 6.88. The maximum absolute atomic E-state index is 13.2. The van der Waals surface area contributed by atoms with Gasteiger partial charge in [0, 0.05) is 12.1 Å². The average molecular weight is 380 g/mol. The average Bonchev–Trinajstić information content (AvgIpc) is 2.99. The minimum atomic E-state index is -0.225. The molecule has 3 amide bonds. The Balaban J connectivity index is 1.61. The second-order valence-corrected chi connectivity index (χ2v) is 7.80. The number of hydrogen-bond donors (Lipinski definition) is 0. The van der Waals surface area contributed by atoms with Gasteiger partial charge in [-0.25, -0.2) is 0 Å². The summed E-state index contributed by atoms with van der Waals surface area (Å²) >= 11 is 1.02. The van der Waals surface area contributed by atoms with Crippen LogP contribution in [0.3, 0.4) is 0 Å². The van der Waals surface area contributed by atoms with Crippen LogP contribution in [-0.2, 0) is 17.8 Å². The third-order valence-electron chi connectivity index (χ3n) is 5.02. The summed E-state index contributed by atoms with van der Waals surface area (Å²) in [6.45, 7) is 2.94. The van der Waals surface area contributed by atoms with Crippen molar-refractivity contribution in [3.8, 4) is 0 Å². The van der Waals surface area contributed by atoms with E-state index in [1.165, 1.54) is 10.5 Å². The van der Waals surface area contributed by atoms with Gasteiger partial charge in [-0.15, -0.1) is 0 Å². The van der Waals surface area contributed by atoms with Crippen molar-refractivity contribution in [3.05, 3.63) is 64.7 Å². The van der Waals surface area contributed by atoms with E-state index in [1.54, 1.807) is 12.1 Å². The molecule has 2 aromatic carbocycles. The number of para-hydroxylation sites is 1. The molecule has 27 heavy (non-hydrogen) atoms. The van der Waals surface area contributed by atoms with Gasteiger partial charge in [-0.1, -0.05) is 42.1 Å². The van der Waals surface area contributed by atoms with E-state index in [4.69, 9.17) is 0 Å². The number of hydrogen-bond acceptors (Lipinski definition) is 4. The van der Waals surface area contributed by atoms with Gasteiger partial charge in [0.15, 0.2) is 0 Å². The van der Waals surface area contributed by atoms with Crippen molar-refractivity contribution in [2.24, 2.45) is 0 Å². The van der Waals surface area contributed by atoms with Gasteiger partial charge >= 0.3 is 0 Å². The summed E-state index contributed by atoms with van der Waals surface area (Å²) in [6.07, 6.45) is 1.92. The van der Waals surface area contributed by atoms with Gasteiger partial charge in [-0.05, 0) is 48.6 Å². The number of imide groups is 1. The first-order valence-corrected chi connectivity index (χ1v) is 9.99. The molecule has 0 unspecified atom stereocenters. The van der Waals surface area contributed by atoms with E-state index in [9.17, 15) is 14.4 Å². The number of carbonyl (C=O) groups excluding carboxylic acids is 3. The summed E-state index contributed by atoms with van der Waals surface area (Å²) in [5.74, 6) is -0.0238. The number of rotatable bonds is 3. The van der Waals surface area contributed by atoms with Crippen LogP contribution >= 0.6 is 11.8 Å². The molecule has 1 fully saturated rings. The van der Waals surface area contributed by atoms with Crippen LogP contribution in [-0.4, -0.2) is 34.3 Å². The summed E-state index contributed by atoms with van der Waals surface area (Å²) < 4.78 is 0. The highest BCUT2D eigenvalue weighted by molar-refractivity contribution is 8.14. The standard InChI is InChI=1S/C21H20N2O3S/c1-14-5-2-7-16-9-4-10-22(19(14)16)20(25)17-8-3-6-15(11-17)12-23-18(24)13-27-21(23)26/h2-3,5-8,11H,4,9-10,12-13H2,1H3. The smallest absolute Gasteiger partial charge is 0.289 e. The van der Waals surface area contributed by atoms with E-state index in [2.05, 4.69) is 6.07 Å². The van der Waals surface area contributed by atoms with E-state index < -0.39 is 0 Å². The molecule has 0 aromatic heterocycles. The van der Waals surface area contributed by atoms with E-state index in [1.807, 2.05) is 36.1 Å². The zero-order chi connectivity index (χ0) is 19.0. The fourth-order valence-electron chi connectivity index (χ4n) is 3.73. The molecule has 6 heteroatoms. The molecule has 138 valence electrons. The van der Waals surface area contributed by atoms with Crippen LogP contribution in [0.5, 0.6) is 0 Å². The van der Waals surface area contributed by atoms with Crippen molar-refractivity contribution >= 4 is 34.5 Å². The Hall–Kier alpha value is -2.60. The maximum atomic E-state index is 13.2. The second kappa shape index (κ2) is 7.19. The van der Waals surface area contributed by atoms with E-state index in [0.29, 0.717) is 12.1 Å². The topological polar surface area (TPSA) is 57.7 Å². The molecule has 5 nitrogen and oxygen atoms in total. The number of anilines is 1. The number of amides is 3. The summed E-state index contributed by atoms with van der Waals surface area (Å²) in [6, 6.07) is 13.4. The first-order chi connectivity index (χ1) is 13.0.